The van der Waals surface area contributed by atoms with E-state index in [1.54, 1.807) is 18.2 Å². The first-order chi connectivity index (χ1) is 18.4. The number of fused-ring (bicyclic) bond motifs is 1. The molecule has 1 aliphatic rings. The first-order valence-electron chi connectivity index (χ1n) is 12.1. The zero-order chi connectivity index (χ0) is 27.2. The lowest BCUT2D eigenvalue weighted by Crippen LogP contribution is -2.36. The average molecular weight is 522 g/mol. The molecule has 9 heteroatoms. The van der Waals surface area contributed by atoms with E-state index in [1.807, 2.05) is 36.4 Å². The van der Waals surface area contributed by atoms with Crippen LogP contribution in [-0.2, 0) is 17.6 Å². The van der Waals surface area contributed by atoms with Gasteiger partial charge in [0.2, 0.25) is 5.75 Å². The highest BCUT2D eigenvalue weighted by atomic mass is 16.6. The monoisotopic (exact) mass is 521 g/mol. The number of carbonyl (C=O) groups excluding carboxylic acids is 2. The lowest BCUT2D eigenvalue weighted by atomic mass is 9.88. The van der Waals surface area contributed by atoms with Gasteiger partial charge in [0.15, 0.2) is 28.8 Å². The highest BCUT2D eigenvalue weighted by molar-refractivity contribution is 6.05. The van der Waals surface area contributed by atoms with Crippen molar-refractivity contribution in [2.75, 3.05) is 35.0 Å². The average Bonchev–Trinajstić information content (AvgIpc) is 2.94. The Balaban J connectivity index is 1.54. The number of ketones is 1. The molecule has 2 N–H and O–H groups in total. The van der Waals surface area contributed by atoms with E-state index < -0.39 is 17.9 Å². The Morgan fingerprint density at radius 1 is 0.895 bits per heavy atom. The summed E-state index contributed by atoms with van der Waals surface area (Å²) < 4.78 is 33.2. The number of benzene rings is 3. The molecule has 2 atom stereocenters. The smallest absolute Gasteiger partial charge is 0.328 e. The van der Waals surface area contributed by atoms with Gasteiger partial charge in [-0.3, -0.25) is 4.79 Å². The Labute approximate surface area is 221 Å². The molecule has 0 radical (unpaired) electrons. The second-order valence-electron chi connectivity index (χ2n) is 8.80. The minimum absolute atomic E-state index is 0.150. The first-order valence-corrected chi connectivity index (χ1v) is 12.1. The number of carbonyl (C=O) groups is 2. The van der Waals surface area contributed by atoms with Crippen molar-refractivity contribution in [1.82, 2.24) is 0 Å². The molecule has 2 unspecified atom stereocenters. The molecule has 0 amide bonds. The molecule has 38 heavy (non-hydrogen) atoms. The first kappa shape index (κ1) is 26.8. The van der Waals surface area contributed by atoms with Gasteiger partial charge in [-0.1, -0.05) is 36.4 Å². The van der Waals surface area contributed by atoms with E-state index in [9.17, 15) is 9.59 Å². The van der Waals surface area contributed by atoms with Crippen LogP contribution in [0, 0.1) is 5.92 Å². The molecule has 0 bridgehead atoms. The van der Waals surface area contributed by atoms with Crippen molar-refractivity contribution >= 4 is 11.8 Å². The predicted octanol–water partition coefficient (Wildman–Crippen LogP) is 3.63. The van der Waals surface area contributed by atoms with Gasteiger partial charge in [0.05, 0.1) is 41.0 Å². The fourth-order valence-corrected chi connectivity index (χ4v) is 4.45. The van der Waals surface area contributed by atoms with Gasteiger partial charge in [-0.05, 0) is 36.1 Å². The maximum absolute atomic E-state index is 13.5. The Bertz CT molecular complexity index is 1310. The van der Waals surface area contributed by atoms with E-state index in [4.69, 9.17) is 34.2 Å². The number of hydrogen-bond acceptors (Lipinski definition) is 9. The number of ether oxygens (including phenoxy) is 6. The zero-order valence-electron chi connectivity index (χ0n) is 21.8. The van der Waals surface area contributed by atoms with Crippen molar-refractivity contribution < 1.29 is 38.0 Å². The van der Waals surface area contributed by atoms with Crippen molar-refractivity contribution in [2.45, 2.75) is 18.9 Å². The molecular weight excluding hydrogens is 490 g/mol. The summed E-state index contributed by atoms with van der Waals surface area (Å²) >= 11 is 0. The van der Waals surface area contributed by atoms with Crippen LogP contribution in [0.2, 0.25) is 0 Å². The maximum atomic E-state index is 13.5. The topological polar surface area (TPSA) is 116 Å². The van der Waals surface area contributed by atoms with Crippen LogP contribution in [-0.4, -0.2) is 52.8 Å². The van der Waals surface area contributed by atoms with Crippen LogP contribution in [0.1, 0.15) is 21.5 Å². The van der Waals surface area contributed by atoms with E-state index in [-0.39, 0.29) is 23.9 Å². The van der Waals surface area contributed by atoms with Gasteiger partial charge < -0.3 is 34.2 Å². The molecule has 0 aliphatic carbocycles. The molecule has 4 rings (SSSR count). The summed E-state index contributed by atoms with van der Waals surface area (Å²) in [6, 6.07) is 15.4. The second kappa shape index (κ2) is 11.9. The molecule has 0 saturated carbocycles. The molecule has 0 saturated heterocycles. The van der Waals surface area contributed by atoms with Gasteiger partial charge in [0.1, 0.15) is 17.4 Å². The van der Waals surface area contributed by atoms with E-state index in [2.05, 4.69) is 0 Å². The van der Waals surface area contributed by atoms with Crippen molar-refractivity contribution in [3.8, 4) is 34.5 Å². The maximum Gasteiger partial charge on any atom is 0.328 e. The molecule has 9 nitrogen and oxygen atoms in total. The van der Waals surface area contributed by atoms with Crippen LogP contribution in [0.25, 0.3) is 0 Å². The molecular formula is C29H31NO8. The summed E-state index contributed by atoms with van der Waals surface area (Å²) in [5, 5.41) is 0. The van der Waals surface area contributed by atoms with Crippen molar-refractivity contribution in [2.24, 2.45) is 11.7 Å². The minimum atomic E-state index is -0.852. The summed E-state index contributed by atoms with van der Waals surface area (Å²) in [5.74, 6) is 0.719. The van der Waals surface area contributed by atoms with Crippen LogP contribution in [0.5, 0.6) is 34.5 Å². The van der Waals surface area contributed by atoms with Gasteiger partial charge in [-0.2, -0.15) is 0 Å². The third-order valence-corrected chi connectivity index (χ3v) is 6.37. The third kappa shape index (κ3) is 5.52. The van der Waals surface area contributed by atoms with E-state index in [0.29, 0.717) is 41.4 Å². The third-order valence-electron chi connectivity index (χ3n) is 6.37. The van der Waals surface area contributed by atoms with Crippen LogP contribution in [0.4, 0.5) is 0 Å². The molecule has 3 aromatic carbocycles. The summed E-state index contributed by atoms with van der Waals surface area (Å²) in [6.45, 7) is 0.160. The molecule has 1 heterocycles. The lowest BCUT2D eigenvalue weighted by Gasteiger charge is -2.27. The molecule has 0 fully saturated rings. The normalized spacial score (nSPS) is 15.1. The van der Waals surface area contributed by atoms with Crippen LogP contribution in [0.15, 0.2) is 54.6 Å². The summed E-state index contributed by atoms with van der Waals surface area (Å²) in [5.41, 5.74) is 8.09. The number of hydrogen-bond donors (Lipinski definition) is 1. The standard InChI is InChI=1S/C29H31NO8/c1-33-21-11-10-18(14-22(21)38-29(32)20(30)13-17-8-6-5-7-9-17)12-19-16-37-23-15-24(34-2)27(35-3)28(36-4)25(23)26(19)31/h5-11,14-15,19-20H,12-13,16,30H2,1-4H3. The summed E-state index contributed by atoms with van der Waals surface area (Å²) in [4.78, 5) is 26.3. The number of methoxy groups -OCH3 is 4. The number of rotatable bonds is 10. The summed E-state index contributed by atoms with van der Waals surface area (Å²) in [7, 11) is 5.92. The zero-order valence-corrected chi connectivity index (χ0v) is 21.8. The summed E-state index contributed by atoms with van der Waals surface area (Å²) in [6.07, 6.45) is 0.672. The van der Waals surface area contributed by atoms with Crippen LogP contribution in [0.3, 0.4) is 0 Å². The number of nitrogens with two attached hydrogens (primary N) is 1. The van der Waals surface area contributed by atoms with Crippen LogP contribution < -0.4 is 34.2 Å². The molecule has 0 aromatic heterocycles. The molecule has 1 aliphatic heterocycles. The van der Waals surface area contributed by atoms with Gasteiger partial charge in [0, 0.05) is 6.07 Å². The van der Waals surface area contributed by atoms with E-state index in [1.165, 1.54) is 28.4 Å². The largest absolute Gasteiger partial charge is 0.493 e. The predicted molar refractivity (Wildman–Crippen MR) is 140 cm³/mol. The number of esters is 1. The highest BCUT2D eigenvalue weighted by Crippen LogP contribution is 2.47. The Morgan fingerprint density at radius 3 is 2.26 bits per heavy atom. The van der Waals surface area contributed by atoms with Gasteiger partial charge in [-0.15, -0.1) is 0 Å². The van der Waals surface area contributed by atoms with Crippen LogP contribution >= 0.6 is 0 Å². The lowest BCUT2D eigenvalue weighted by molar-refractivity contribution is -0.135. The van der Waals surface area contributed by atoms with Gasteiger partial charge in [-0.25, -0.2) is 4.79 Å². The van der Waals surface area contributed by atoms with Gasteiger partial charge in [0.25, 0.3) is 0 Å². The Kier molecular flexibility index (Phi) is 8.38. The van der Waals surface area contributed by atoms with Crippen molar-refractivity contribution in [1.29, 1.82) is 0 Å². The molecule has 3 aromatic rings. The highest BCUT2D eigenvalue weighted by Gasteiger charge is 2.35. The Hall–Kier alpha value is -4.24. The van der Waals surface area contributed by atoms with Crippen molar-refractivity contribution in [3.63, 3.8) is 0 Å². The quantitative estimate of drug-likeness (QED) is 0.315. The van der Waals surface area contributed by atoms with E-state index >= 15 is 0 Å². The SMILES string of the molecule is COc1ccc(CC2COc3cc(OC)c(OC)c(OC)c3C2=O)cc1OC(=O)C(N)Cc1ccccc1. The van der Waals surface area contributed by atoms with Gasteiger partial charge >= 0.3 is 5.97 Å². The fourth-order valence-electron chi connectivity index (χ4n) is 4.45. The van der Waals surface area contributed by atoms with Crippen molar-refractivity contribution in [3.05, 3.63) is 71.3 Å². The minimum Gasteiger partial charge on any atom is -0.493 e. The fraction of sp³-hybridized carbons (Fsp3) is 0.310. The van der Waals surface area contributed by atoms with E-state index in [0.717, 1.165) is 11.1 Å². The number of Topliss-reactive ketones (excluding diaryl/α,β-unsaturated/α-hetero) is 1. The second-order valence-corrected chi connectivity index (χ2v) is 8.80. The Morgan fingerprint density at radius 2 is 1.61 bits per heavy atom. The molecule has 200 valence electrons. The molecule has 0 spiro atoms.